The third-order valence-electron chi connectivity index (χ3n) is 3.69. The first-order valence-corrected chi connectivity index (χ1v) is 7.53. The van der Waals surface area contributed by atoms with Crippen LogP contribution in [0.2, 0.25) is 0 Å². The van der Waals surface area contributed by atoms with Crippen molar-refractivity contribution >= 4 is 5.57 Å². The normalized spacial score (nSPS) is 10.6. The quantitative estimate of drug-likeness (QED) is 0.724. The summed E-state index contributed by atoms with van der Waals surface area (Å²) in [4.78, 5) is 12.2. The van der Waals surface area contributed by atoms with E-state index in [9.17, 15) is 4.79 Å². The van der Waals surface area contributed by atoms with Crippen LogP contribution in [0.4, 0.5) is 0 Å². The van der Waals surface area contributed by atoms with Gasteiger partial charge < -0.3 is 4.74 Å². The molecule has 6 nitrogen and oxygen atoms in total. The van der Waals surface area contributed by atoms with Crippen LogP contribution in [-0.2, 0) is 13.7 Å². The molecule has 6 heteroatoms. The number of para-hydroxylation sites is 1. The lowest BCUT2D eigenvalue weighted by atomic mass is 10.0. The Labute approximate surface area is 139 Å². The smallest absolute Gasteiger partial charge is 0.368 e. The average Bonchev–Trinajstić information content (AvgIpc) is 2.92. The molecule has 1 aromatic heterocycles. The van der Waals surface area contributed by atoms with Gasteiger partial charge in [0, 0.05) is 12.6 Å². The van der Waals surface area contributed by atoms with Crippen LogP contribution in [0.5, 0.6) is 5.75 Å². The summed E-state index contributed by atoms with van der Waals surface area (Å²) in [7, 11) is 1.56. The van der Waals surface area contributed by atoms with Crippen molar-refractivity contribution in [2.45, 2.75) is 13.5 Å². The van der Waals surface area contributed by atoms with Gasteiger partial charge in [-0.1, -0.05) is 42.5 Å². The largest absolute Gasteiger partial charge is 0.489 e. The van der Waals surface area contributed by atoms with Crippen LogP contribution in [0.25, 0.3) is 11.3 Å². The van der Waals surface area contributed by atoms with E-state index in [0.29, 0.717) is 12.3 Å². The molecule has 0 amide bonds. The number of nitrogens with zero attached hydrogens (tertiary/aromatic N) is 4. The lowest BCUT2D eigenvalue weighted by Gasteiger charge is -2.15. The lowest BCUT2D eigenvalue weighted by molar-refractivity contribution is 0.305. The van der Waals surface area contributed by atoms with Gasteiger partial charge in [-0.25, -0.2) is 4.79 Å². The van der Waals surface area contributed by atoms with E-state index in [0.717, 1.165) is 22.4 Å². The van der Waals surface area contributed by atoms with Gasteiger partial charge in [-0.05, 0) is 41.1 Å². The van der Waals surface area contributed by atoms with E-state index in [1.54, 1.807) is 7.05 Å². The zero-order chi connectivity index (χ0) is 17.1. The van der Waals surface area contributed by atoms with Crippen molar-refractivity contribution in [1.29, 1.82) is 0 Å². The van der Waals surface area contributed by atoms with Gasteiger partial charge in [0.1, 0.15) is 12.4 Å². The minimum absolute atomic E-state index is 0.297. The molecule has 0 N–H and O–H groups in total. The topological polar surface area (TPSA) is 61.9 Å². The maximum atomic E-state index is 12.2. The zero-order valence-electron chi connectivity index (χ0n) is 13.6. The minimum atomic E-state index is -0.310. The van der Waals surface area contributed by atoms with E-state index in [1.807, 2.05) is 55.5 Å². The summed E-state index contributed by atoms with van der Waals surface area (Å²) in [6.07, 6.45) is 0. The highest BCUT2D eigenvalue weighted by atomic mass is 16.5. The fourth-order valence-electron chi connectivity index (χ4n) is 2.46. The van der Waals surface area contributed by atoms with Gasteiger partial charge in [-0.15, -0.1) is 0 Å². The molecule has 1 heterocycles. The number of benzene rings is 2. The Balaban J connectivity index is 2.06. The van der Waals surface area contributed by atoms with Crippen molar-refractivity contribution in [1.82, 2.24) is 19.8 Å². The summed E-state index contributed by atoms with van der Waals surface area (Å²) in [5.74, 6) is 0.756. The SMILES string of the molecule is C=C(C)c1cccc(-n2nnn(C)c2=O)c1COc1ccccc1. The number of hydrogen-bond acceptors (Lipinski definition) is 4. The molecule has 0 saturated heterocycles. The molecule has 3 rings (SSSR count). The number of aromatic nitrogens is 4. The summed E-state index contributed by atoms with van der Waals surface area (Å²) in [6.45, 7) is 6.24. The number of ether oxygens (including phenoxy) is 1. The highest BCUT2D eigenvalue weighted by molar-refractivity contribution is 5.68. The fraction of sp³-hybridized carbons (Fsp3) is 0.167. The summed E-state index contributed by atoms with van der Waals surface area (Å²) < 4.78 is 8.34. The molecule has 24 heavy (non-hydrogen) atoms. The van der Waals surface area contributed by atoms with Crippen LogP contribution in [0.15, 0.2) is 59.9 Å². The Morgan fingerprint density at radius 2 is 1.88 bits per heavy atom. The van der Waals surface area contributed by atoms with Crippen molar-refractivity contribution in [3.63, 3.8) is 0 Å². The summed E-state index contributed by atoms with van der Waals surface area (Å²) in [5.41, 5.74) is 3.00. The molecular formula is C18H18N4O2. The van der Waals surface area contributed by atoms with E-state index in [1.165, 1.54) is 9.36 Å². The van der Waals surface area contributed by atoms with E-state index in [4.69, 9.17) is 4.74 Å². The number of rotatable bonds is 5. The highest BCUT2D eigenvalue weighted by Gasteiger charge is 2.15. The Morgan fingerprint density at radius 3 is 2.50 bits per heavy atom. The Morgan fingerprint density at radius 1 is 1.12 bits per heavy atom. The Hall–Kier alpha value is -3.15. The molecule has 0 aliphatic carbocycles. The van der Waals surface area contributed by atoms with E-state index in [-0.39, 0.29) is 5.69 Å². The molecule has 0 aliphatic rings. The molecular weight excluding hydrogens is 304 g/mol. The number of allylic oxidation sites excluding steroid dienone is 1. The Bertz CT molecular complexity index is 926. The van der Waals surface area contributed by atoms with Gasteiger partial charge in [0.15, 0.2) is 0 Å². The molecule has 122 valence electrons. The lowest BCUT2D eigenvalue weighted by Crippen LogP contribution is -2.23. The summed E-state index contributed by atoms with van der Waals surface area (Å²) >= 11 is 0. The standard InChI is InChI=1S/C18H18N4O2/c1-13(2)15-10-7-11-17(22-18(23)21(3)19-20-22)16(15)12-24-14-8-5-4-6-9-14/h4-11H,1,12H2,2-3H3. The molecule has 2 aromatic carbocycles. The predicted molar refractivity (Wildman–Crippen MR) is 92.1 cm³/mol. The van der Waals surface area contributed by atoms with Gasteiger partial charge in [-0.3, -0.25) is 0 Å². The van der Waals surface area contributed by atoms with Crippen LogP contribution in [0.3, 0.4) is 0 Å². The molecule has 0 unspecified atom stereocenters. The third kappa shape index (κ3) is 2.99. The molecule has 0 atom stereocenters. The summed E-state index contributed by atoms with van der Waals surface area (Å²) in [5, 5.41) is 7.71. The number of tetrazole rings is 1. The maximum absolute atomic E-state index is 12.2. The monoisotopic (exact) mass is 322 g/mol. The van der Waals surface area contributed by atoms with Gasteiger partial charge >= 0.3 is 5.69 Å². The molecule has 0 spiro atoms. The molecule has 0 fully saturated rings. The molecule has 3 aromatic rings. The number of hydrogen-bond donors (Lipinski definition) is 0. The van der Waals surface area contributed by atoms with Gasteiger partial charge in [0.25, 0.3) is 0 Å². The fourth-order valence-corrected chi connectivity index (χ4v) is 2.46. The van der Waals surface area contributed by atoms with Crippen LogP contribution >= 0.6 is 0 Å². The van der Waals surface area contributed by atoms with Crippen LogP contribution in [0, 0.1) is 0 Å². The zero-order valence-corrected chi connectivity index (χ0v) is 13.6. The highest BCUT2D eigenvalue weighted by Crippen LogP contribution is 2.24. The molecule has 0 radical (unpaired) electrons. The third-order valence-corrected chi connectivity index (χ3v) is 3.69. The first-order chi connectivity index (χ1) is 11.6. The van der Waals surface area contributed by atoms with Crippen LogP contribution in [-0.4, -0.2) is 19.8 Å². The van der Waals surface area contributed by atoms with Crippen molar-refractivity contribution in [3.8, 4) is 11.4 Å². The Kier molecular flexibility index (Phi) is 4.29. The van der Waals surface area contributed by atoms with E-state index in [2.05, 4.69) is 17.0 Å². The second-order valence-electron chi connectivity index (χ2n) is 5.48. The maximum Gasteiger partial charge on any atom is 0.368 e. The van der Waals surface area contributed by atoms with Crippen molar-refractivity contribution in [3.05, 3.63) is 76.7 Å². The van der Waals surface area contributed by atoms with Crippen molar-refractivity contribution < 1.29 is 4.74 Å². The predicted octanol–water partition coefficient (Wildman–Crippen LogP) is 2.58. The van der Waals surface area contributed by atoms with Crippen LogP contribution < -0.4 is 10.4 Å². The minimum Gasteiger partial charge on any atom is -0.489 e. The van der Waals surface area contributed by atoms with Gasteiger partial charge in [0.2, 0.25) is 0 Å². The van der Waals surface area contributed by atoms with Crippen molar-refractivity contribution in [2.75, 3.05) is 0 Å². The molecule has 0 saturated carbocycles. The molecule has 0 aliphatic heterocycles. The first kappa shape index (κ1) is 15.7. The van der Waals surface area contributed by atoms with Crippen molar-refractivity contribution in [2.24, 2.45) is 7.05 Å². The van der Waals surface area contributed by atoms with Crippen LogP contribution in [0.1, 0.15) is 18.1 Å². The summed E-state index contributed by atoms with van der Waals surface area (Å²) in [6, 6.07) is 15.2. The van der Waals surface area contributed by atoms with E-state index >= 15 is 0 Å². The van der Waals surface area contributed by atoms with Gasteiger partial charge in [-0.2, -0.15) is 9.36 Å². The number of aryl methyl sites for hydroxylation is 1. The second-order valence-corrected chi connectivity index (χ2v) is 5.48. The average molecular weight is 322 g/mol. The van der Waals surface area contributed by atoms with E-state index < -0.39 is 0 Å². The van der Waals surface area contributed by atoms with Gasteiger partial charge in [0.05, 0.1) is 5.69 Å². The first-order valence-electron chi connectivity index (χ1n) is 7.53. The second kappa shape index (κ2) is 6.54. The molecule has 0 bridgehead atoms.